The van der Waals surface area contributed by atoms with E-state index >= 15 is 0 Å². The lowest BCUT2D eigenvalue weighted by Crippen LogP contribution is -2.31. The molecule has 5 nitrogen and oxygen atoms in total. The number of nitrogens with two attached hydrogens (primary N) is 2. The highest BCUT2D eigenvalue weighted by Gasteiger charge is 2.69. The van der Waals surface area contributed by atoms with Crippen molar-refractivity contribution in [1.82, 2.24) is 0 Å². The molecule has 3 rings (SSSR count). The SMILES string of the molecule is COc1ccc(C2C(S(=O)(=O)c3ccccc3)C2(CN)CN)cc1. The zero-order valence-corrected chi connectivity index (χ0v) is 14.4. The van der Waals surface area contributed by atoms with Crippen LogP contribution in [0.2, 0.25) is 0 Å². The number of rotatable bonds is 6. The molecule has 2 aromatic rings. The molecular weight excluding hydrogens is 324 g/mol. The lowest BCUT2D eigenvalue weighted by atomic mass is 9.99. The Morgan fingerprint density at radius 3 is 2.08 bits per heavy atom. The van der Waals surface area contributed by atoms with Crippen molar-refractivity contribution in [2.75, 3.05) is 20.2 Å². The van der Waals surface area contributed by atoms with Crippen molar-refractivity contribution in [2.24, 2.45) is 16.9 Å². The summed E-state index contributed by atoms with van der Waals surface area (Å²) in [6.45, 7) is 0.466. The maximum Gasteiger partial charge on any atom is 0.182 e. The molecule has 24 heavy (non-hydrogen) atoms. The lowest BCUT2D eigenvalue weighted by Gasteiger charge is -2.13. The average molecular weight is 346 g/mol. The van der Waals surface area contributed by atoms with Gasteiger partial charge in [-0.2, -0.15) is 0 Å². The first-order valence-electron chi connectivity index (χ1n) is 7.84. The summed E-state index contributed by atoms with van der Waals surface area (Å²) in [4.78, 5) is 0.317. The fourth-order valence-electron chi connectivity index (χ4n) is 3.59. The van der Waals surface area contributed by atoms with Crippen molar-refractivity contribution in [3.63, 3.8) is 0 Å². The molecule has 2 unspecified atom stereocenters. The second-order valence-electron chi connectivity index (χ2n) is 6.17. The first-order chi connectivity index (χ1) is 11.5. The first-order valence-corrected chi connectivity index (χ1v) is 9.39. The van der Waals surface area contributed by atoms with E-state index in [1.807, 2.05) is 24.3 Å². The first kappa shape index (κ1) is 17.0. The van der Waals surface area contributed by atoms with Crippen molar-refractivity contribution < 1.29 is 13.2 Å². The summed E-state index contributed by atoms with van der Waals surface area (Å²) in [5.41, 5.74) is 12.2. The Labute approximate surface area is 142 Å². The summed E-state index contributed by atoms with van der Waals surface area (Å²) in [7, 11) is -1.91. The Morgan fingerprint density at radius 1 is 1.00 bits per heavy atom. The molecule has 0 heterocycles. The van der Waals surface area contributed by atoms with Crippen LogP contribution in [0.3, 0.4) is 0 Å². The Bertz CT molecular complexity index is 800. The topological polar surface area (TPSA) is 95.4 Å². The van der Waals surface area contributed by atoms with E-state index in [4.69, 9.17) is 16.2 Å². The average Bonchev–Trinajstić information content (AvgIpc) is 3.33. The highest BCUT2D eigenvalue weighted by Crippen LogP contribution is 2.63. The maximum atomic E-state index is 13.1. The smallest absolute Gasteiger partial charge is 0.182 e. The Morgan fingerprint density at radius 2 is 1.58 bits per heavy atom. The number of hydrogen-bond donors (Lipinski definition) is 2. The molecule has 6 heteroatoms. The van der Waals surface area contributed by atoms with Gasteiger partial charge in [0.25, 0.3) is 0 Å². The number of sulfone groups is 1. The minimum Gasteiger partial charge on any atom is -0.497 e. The van der Waals surface area contributed by atoms with E-state index in [2.05, 4.69) is 0 Å². The molecule has 0 aliphatic heterocycles. The summed E-state index contributed by atoms with van der Waals surface area (Å²) >= 11 is 0. The fraction of sp³-hybridized carbons (Fsp3) is 0.333. The van der Waals surface area contributed by atoms with E-state index in [0.29, 0.717) is 4.90 Å². The van der Waals surface area contributed by atoms with Crippen LogP contribution in [-0.2, 0) is 9.84 Å². The summed E-state index contributed by atoms with van der Waals surface area (Å²) in [6.07, 6.45) is 0. The third-order valence-electron chi connectivity index (χ3n) is 5.02. The molecule has 0 radical (unpaired) electrons. The third kappa shape index (κ3) is 2.51. The molecule has 0 amide bonds. The van der Waals surface area contributed by atoms with Gasteiger partial charge in [-0.3, -0.25) is 0 Å². The van der Waals surface area contributed by atoms with Crippen molar-refractivity contribution >= 4 is 9.84 Å². The Hall–Kier alpha value is -1.89. The van der Waals surface area contributed by atoms with Crippen LogP contribution in [0.5, 0.6) is 5.75 Å². The summed E-state index contributed by atoms with van der Waals surface area (Å²) in [5.74, 6) is 0.525. The number of benzene rings is 2. The molecule has 1 aliphatic carbocycles. The van der Waals surface area contributed by atoms with Crippen molar-refractivity contribution in [3.8, 4) is 5.75 Å². The van der Waals surface area contributed by atoms with Gasteiger partial charge < -0.3 is 16.2 Å². The molecule has 0 saturated heterocycles. The summed E-state index contributed by atoms with van der Waals surface area (Å²) in [6, 6.07) is 15.9. The molecule has 1 fully saturated rings. The molecular formula is C18H22N2O3S. The molecule has 4 N–H and O–H groups in total. The van der Waals surface area contributed by atoms with Crippen molar-refractivity contribution in [2.45, 2.75) is 16.1 Å². The standard InChI is InChI=1S/C18H22N2O3S/c1-23-14-9-7-13(8-10-14)16-17(18(16,11-19)12-20)24(21,22)15-5-3-2-4-6-15/h2-10,16-17H,11-12,19-20H2,1H3. The number of ether oxygens (including phenoxy) is 1. The molecule has 1 saturated carbocycles. The van der Waals surface area contributed by atoms with Gasteiger partial charge in [-0.15, -0.1) is 0 Å². The molecule has 0 bridgehead atoms. The largest absolute Gasteiger partial charge is 0.497 e. The highest BCUT2D eigenvalue weighted by atomic mass is 32.2. The van der Waals surface area contributed by atoms with E-state index in [9.17, 15) is 8.42 Å². The van der Waals surface area contributed by atoms with Crippen molar-refractivity contribution in [1.29, 1.82) is 0 Å². The van der Waals surface area contributed by atoms with Crippen molar-refractivity contribution in [3.05, 3.63) is 60.2 Å². The van der Waals surface area contributed by atoms with E-state index in [1.165, 1.54) is 0 Å². The fourth-order valence-corrected chi connectivity index (χ4v) is 6.08. The number of hydrogen-bond acceptors (Lipinski definition) is 5. The van der Waals surface area contributed by atoms with Gasteiger partial charge in [-0.25, -0.2) is 8.42 Å². The van der Waals surface area contributed by atoms with Gasteiger partial charge >= 0.3 is 0 Å². The van der Waals surface area contributed by atoms with E-state index < -0.39 is 20.5 Å². The zero-order chi connectivity index (χ0) is 17.4. The van der Waals surface area contributed by atoms with Gasteiger partial charge in [-0.05, 0) is 29.8 Å². The van der Waals surface area contributed by atoms with E-state index in [-0.39, 0.29) is 19.0 Å². The van der Waals surface area contributed by atoms with Gasteiger partial charge in [0.1, 0.15) is 5.75 Å². The van der Waals surface area contributed by atoms with Crippen LogP contribution in [0.25, 0.3) is 0 Å². The zero-order valence-electron chi connectivity index (χ0n) is 13.6. The minimum absolute atomic E-state index is 0.205. The minimum atomic E-state index is -3.50. The van der Waals surface area contributed by atoms with Crippen LogP contribution in [-0.4, -0.2) is 33.9 Å². The van der Waals surface area contributed by atoms with Gasteiger partial charge in [0.05, 0.1) is 17.3 Å². The van der Waals surface area contributed by atoms with Crippen LogP contribution in [0.4, 0.5) is 0 Å². The van der Waals surface area contributed by atoms with Gasteiger partial charge in [0.2, 0.25) is 0 Å². The Balaban J connectivity index is 2.02. The lowest BCUT2D eigenvalue weighted by molar-refractivity contribution is 0.414. The number of methoxy groups -OCH3 is 1. The van der Waals surface area contributed by atoms with Crippen LogP contribution in [0, 0.1) is 5.41 Å². The monoisotopic (exact) mass is 346 g/mol. The van der Waals surface area contributed by atoms with Gasteiger partial charge in [-0.1, -0.05) is 30.3 Å². The second kappa shape index (κ2) is 6.20. The summed E-state index contributed by atoms with van der Waals surface area (Å²) in [5, 5.41) is -0.601. The predicted molar refractivity (Wildman–Crippen MR) is 93.7 cm³/mol. The summed E-state index contributed by atoms with van der Waals surface area (Å²) < 4.78 is 31.4. The van der Waals surface area contributed by atoms with Crippen LogP contribution in [0.1, 0.15) is 11.5 Å². The van der Waals surface area contributed by atoms with Crippen LogP contribution >= 0.6 is 0 Å². The van der Waals surface area contributed by atoms with Crippen LogP contribution < -0.4 is 16.2 Å². The van der Waals surface area contributed by atoms with E-state index in [1.54, 1.807) is 37.4 Å². The maximum absolute atomic E-state index is 13.1. The molecule has 2 aromatic carbocycles. The molecule has 2 atom stereocenters. The van der Waals surface area contributed by atoms with Gasteiger partial charge in [0.15, 0.2) is 9.84 Å². The second-order valence-corrected chi connectivity index (χ2v) is 8.24. The Kier molecular flexibility index (Phi) is 4.38. The molecule has 128 valence electrons. The van der Waals surface area contributed by atoms with Crippen LogP contribution in [0.15, 0.2) is 59.5 Å². The third-order valence-corrected chi connectivity index (χ3v) is 7.36. The molecule has 1 aliphatic rings. The molecule has 0 aromatic heterocycles. The van der Waals surface area contributed by atoms with Gasteiger partial charge in [0, 0.05) is 24.4 Å². The predicted octanol–water partition coefficient (Wildman–Crippen LogP) is 1.54. The quantitative estimate of drug-likeness (QED) is 0.827. The van der Waals surface area contributed by atoms with E-state index in [0.717, 1.165) is 11.3 Å². The normalized spacial score (nSPS) is 22.1. The highest BCUT2D eigenvalue weighted by molar-refractivity contribution is 7.92. The molecule has 0 spiro atoms.